The molecule has 1 saturated heterocycles. The Labute approximate surface area is 207 Å². The second-order valence-corrected chi connectivity index (χ2v) is 11.0. The van der Waals surface area contributed by atoms with Gasteiger partial charge in [-0.1, -0.05) is 30.1 Å². The molecule has 0 atom stereocenters. The van der Waals surface area contributed by atoms with E-state index in [-0.39, 0.29) is 16.5 Å². The highest BCUT2D eigenvalue weighted by molar-refractivity contribution is 7.99. The van der Waals surface area contributed by atoms with Crippen LogP contribution < -0.4 is 10.0 Å². The van der Waals surface area contributed by atoms with Gasteiger partial charge in [-0.05, 0) is 55.7 Å². The summed E-state index contributed by atoms with van der Waals surface area (Å²) in [5.41, 5.74) is 1.54. The quantitative estimate of drug-likeness (QED) is 0.339. The lowest BCUT2D eigenvalue weighted by Crippen LogP contribution is -2.56. The average molecular weight is 518 g/mol. The smallest absolute Gasteiger partial charge is 0.251 e. The molecule has 174 valence electrons. The van der Waals surface area contributed by atoms with E-state index >= 15 is 0 Å². The summed E-state index contributed by atoms with van der Waals surface area (Å²) in [6.07, 6.45) is 0. The summed E-state index contributed by atoms with van der Waals surface area (Å²) in [7, 11) is 3.94. The fourth-order valence-corrected chi connectivity index (χ4v) is 5.09. The summed E-state index contributed by atoms with van der Waals surface area (Å²) in [5.74, 6) is 0.0677. The van der Waals surface area contributed by atoms with Crippen LogP contribution in [0.15, 0.2) is 35.2 Å². The molecule has 10 heteroatoms. The summed E-state index contributed by atoms with van der Waals surface area (Å²) in [6, 6.07) is 8.76. The summed E-state index contributed by atoms with van der Waals surface area (Å²) in [4.78, 5) is 15.8. The lowest BCUT2D eigenvalue weighted by Gasteiger charge is -2.39. The predicted molar refractivity (Wildman–Crippen MR) is 134 cm³/mol. The highest BCUT2D eigenvalue weighted by Gasteiger charge is 2.28. The van der Waals surface area contributed by atoms with Gasteiger partial charge in [0.25, 0.3) is 5.91 Å². The molecule has 1 amide bonds. The van der Waals surface area contributed by atoms with E-state index in [1.54, 1.807) is 23.9 Å². The number of nitrogens with one attached hydrogen (secondary N) is 2. The van der Waals surface area contributed by atoms with Gasteiger partial charge in [0, 0.05) is 70.4 Å². The Morgan fingerprint density at radius 1 is 1.25 bits per heavy atom. The fraction of sp³-hybridized carbons (Fsp3) is 0.409. The van der Waals surface area contributed by atoms with Crippen molar-refractivity contribution in [2.24, 2.45) is 0 Å². The molecular weight excluding hydrogens is 490 g/mol. The van der Waals surface area contributed by atoms with Crippen LogP contribution >= 0.6 is 47.1 Å². The van der Waals surface area contributed by atoms with E-state index in [9.17, 15) is 9.18 Å². The van der Waals surface area contributed by atoms with Crippen LogP contribution in [0.25, 0.3) is 0 Å². The molecule has 0 unspecified atom stereocenters. The van der Waals surface area contributed by atoms with Crippen LogP contribution in [-0.4, -0.2) is 54.1 Å². The maximum atomic E-state index is 14.8. The number of carbonyl (C=O) groups excluding carboxylic acids is 1. The van der Waals surface area contributed by atoms with Crippen molar-refractivity contribution in [3.05, 3.63) is 62.9 Å². The first-order chi connectivity index (χ1) is 15.3. The molecule has 0 aromatic heterocycles. The Morgan fingerprint density at radius 2 is 2.00 bits per heavy atom. The van der Waals surface area contributed by atoms with Gasteiger partial charge >= 0.3 is 0 Å². The highest BCUT2D eigenvalue weighted by Crippen LogP contribution is 2.27. The van der Waals surface area contributed by atoms with E-state index < -0.39 is 5.82 Å². The van der Waals surface area contributed by atoms with E-state index in [2.05, 4.69) is 21.9 Å². The first-order valence-electron chi connectivity index (χ1n) is 10.3. The van der Waals surface area contributed by atoms with Gasteiger partial charge in [0.1, 0.15) is 5.82 Å². The molecule has 0 bridgehead atoms. The Bertz CT molecular complexity index is 935. The summed E-state index contributed by atoms with van der Waals surface area (Å²) < 4.78 is 20.1. The molecule has 1 heterocycles. The normalized spacial score (nSPS) is 14.6. The van der Waals surface area contributed by atoms with Crippen LogP contribution in [0.1, 0.15) is 28.4 Å². The maximum absolute atomic E-state index is 14.8. The Hall–Kier alpha value is -1.00. The molecule has 0 radical (unpaired) electrons. The number of hydrogen-bond acceptors (Lipinski definition) is 6. The van der Waals surface area contributed by atoms with Crippen molar-refractivity contribution in [2.75, 3.05) is 32.9 Å². The van der Waals surface area contributed by atoms with E-state index in [4.69, 9.17) is 23.2 Å². The van der Waals surface area contributed by atoms with Gasteiger partial charge in [0.2, 0.25) is 0 Å². The van der Waals surface area contributed by atoms with Crippen molar-refractivity contribution in [1.29, 1.82) is 0 Å². The SMILES string of the molecule is CCSc1ccc(Cl)cc1CNC(=O)c1cc(F)c(CN2CC(NSN(C)C)C2)c(Cl)c1. The minimum atomic E-state index is -0.466. The first-order valence-corrected chi connectivity index (χ1v) is 12.8. The van der Waals surface area contributed by atoms with E-state index in [1.165, 1.54) is 12.1 Å². The third kappa shape index (κ3) is 7.00. The number of likely N-dealkylation sites (tertiary alicyclic amines) is 1. The second-order valence-electron chi connectivity index (χ2n) is 7.70. The number of amides is 1. The first kappa shape index (κ1) is 25.6. The molecule has 32 heavy (non-hydrogen) atoms. The van der Waals surface area contributed by atoms with Crippen molar-refractivity contribution >= 4 is 53.0 Å². The lowest BCUT2D eigenvalue weighted by molar-refractivity contribution is 0.0950. The van der Waals surface area contributed by atoms with Crippen LogP contribution in [-0.2, 0) is 13.1 Å². The summed E-state index contributed by atoms with van der Waals surface area (Å²) >= 11 is 15.7. The lowest BCUT2D eigenvalue weighted by atomic mass is 10.1. The molecular formula is C22H27Cl2FN4OS2. The predicted octanol–water partition coefficient (Wildman–Crippen LogP) is 5.07. The van der Waals surface area contributed by atoms with Crippen LogP contribution in [0.5, 0.6) is 0 Å². The molecule has 1 aliphatic heterocycles. The van der Waals surface area contributed by atoms with Crippen molar-refractivity contribution in [1.82, 2.24) is 19.2 Å². The summed E-state index contributed by atoms with van der Waals surface area (Å²) in [5, 5.41) is 3.72. The topological polar surface area (TPSA) is 47.6 Å². The fourth-order valence-electron chi connectivity index (χ4n) is 3.32. The molecule has 2 aromatic carbocycles. The van der Waals surface area contributed by atoms with E-state index in [0.717, 1.165) is 29.3 Å². The van der Waals surface area contributed by atoms with Gasteiger partial charge in [-0.2, -0.15) is 0 Å². The molecule has 2 N–H and O–H groups in total. The minimum absolute atomic E-state index is 0.202. The zero-order valence-electron chi connectivity index (χ0n) is 18.3. The van der Waals surface area contributed by atoms with Crippen molar-refractivity contribution in [3.63, 3.8) is 0 Å². The summed E-state index contributed by atoms with van der Waals surface area (Å²) in [6.45, 7) is 4.41. The zero-order valence-corrected chi connectivity index (χ0v) is 21.4. The van der Waals surface area contributed by atoms with E-state index in [0.29, 0.717) is 29.7 Å². The molecule has 1 aliphatic rings. The molecule has 5 nitrogen and oxygen atoms in total. The van der Waals surface area contributed by atoms with Crippen LogP contribution in [0.2, 0.25) is 10.0 Å². The molecule has 2 aromatic rings. The molecule has 1 fully saturated rings. The molecule has 3 rings (SSSR count). The van der Waals surface area contributed by atoms with Crippen LogP contribution in [0.4, 0.5) is 4.39 Å². The molecule has 0 aliphatic carbocycles. The Morgan fingerprint density at radius 3 is 2.66 bits per heavy atom. The number of carbonyl (C=O) groups is 1. The number of hydrogen-bond donors (Lipinski definition) is 2. The van der Waals surface area contributed by atoms with Gasteiger partial charge in [-0.25, -0.2) is 13.4 Å². The Kier molecular flexibility index (Phi) is 9.55. The number of halogens is 3. The monoisotopic (exact) mass is 516 g/mol. The van der Waals surface area contributed by atoms with Crippen LogP contribution in [0, 0.1) is 5.82 Å². The molecule has 0 spiro atoms. The van der Waals surface area contributed by atoms with Gasteiger partial charge < -0.3 is 5.32 Å². The van der Waals surface area contributed by atoms with Crippen molar-refractivity contribution in [3.8, 4) is 0 Å². The number of rotatable bonds is 10. The van der Waals surface area contributed by atoms with E-state index in [1.807, 2.05) is 36.6 Å². The van der Waals surface area contributed by atoms with Crippen LogP contribution in [0.3, 0.4) is 0 Å². The van der Waals surface area contributed by atoms with Crippen molar-refractivity contribution < 1.29 is 9.18 Å². The Balaban J connectivity index is 1.59. The second kappa shape index (κ2) is 11.9. The van der Waals surface area contributed by atoms with Gasteiger partial charge in [0.15, 0.2) is 0 Å². The third-order valence-corrected chi connectivity index (χ3v) is 7.28. The van der Waals surface area contributed by atoms with Gasteiger partial charge in [-0.3, -0.25) is 9.69 Å². The number of nitrogens with zero attached hydrogens (tertiary/aromatic N) is 2. The standard InChI is InChI=1S/C22H27Cl2FN4OS2/c1-4-31-21-6-5-16(23)7-15(21)10-26-22(30)14-8-19(24)18(20(25)9-14)13-29-11-17(12-29)27-32-28(2)3/h5-9,17,27H,4,10-13H2,1-3H3,(H,26,30). The minimum Gasteiger partial charge on any atom is -0.348 e. The molecule has 0 saturated carbocycles. The average Bonchev–Trinajstić information content (AvgIpc) is 2.70. The largest absolute Gasteiger partial charge is 0.348 e. The van der Waals surface area contributed by atoms with Gasteiger partial charge in [0.05, 0.1) is 0 Å². The zero-order chi connectivity index (χ0) is 23.3. The number of benzene rings is 2. The van der Waals surface area contributed by atoms with Gasteiger partial charge in [-0.15, -0.1) is 11.8 Å². The number of thioether (sulfide) groups is 1. The highest BCUT2D eigenvalue weighted by atomic mass is 35.5. The maximum Gasteiger partial charge on any atom is 0.251 e. The van der Waals surface area contributed by atoms with Crippen molar-refractivity contribution in [2.45, 2.75) is 31.0 Å². The third-order valence-electron chi connectivity index (χ3n) is 4.91.